The normalized spacial score (nSPS) is 14.9. The maximum absolute atomic E-state index is 12.8. The SMILES string of the molecule is O=C1S/C(=C\c2ccc(OS(=O)(=O)c3ccc([N+](=O)[O-])cc3)c(Br)c2)C(=O)N1Cc1ccccc1Cl. The molecule has 36 heavy (non-hydrogen) atoms. The van der Waals surface area contributed by atoms with Crippen molar-refractivity contribution in [2.45, 2.75) is 11.4 Å². The van der Waals surface area contributed by atoms with Crippen LogP contribution in [0, 0.1) is 10.1 Å². The summed E-state index contributed by atoms with van der Waals surface area (Å²) in [5.74, 6) is -0.501. The van der Waals surface area contributed by atoms with Gasteiger partial charge in [0.1, 0.15) is 4.90 Å². The first kappa shape index (κ1) is 25.9. The Labute approximate surface area is 223 Å². The van der Waals surface area contributed by atoms with Gasteiger partial charge in [-0.3, -0.25) is 24.6 Å². The van der Waals surface area contributed by atoms with Crippen LogP contribution >= 0.6 is 39.3 Å². The molecule has 1 heterocycles. The zero-order valence-electron chi connectivity index (χ0n) is 18.0. The number of benzene rings is 3. The summed E-state index contributed by atoms with van der Waals surface area (Å²) in [7, 11) is -4.26. The van der Waals surface area contributed by atoms with Gasteiger partial charge in [-0.25, -0.2) is 0 Å². The monoisotopic (exact) mass is 608 g/mol. The van der Waals surface area contributed by atoms with E-state index < -0.39 is 26.2 Å². The van der Waals surface area contributed by atoms with Crippen molar-refractivity contribution in [3.8, 4) is 5.75 Å². The topological polar surface area (TPSA) is 124 Å². The molecule has 0 atom stereocenters. The summed E-state index contributed by atoms with van der Waals surface area (Å²) in [4.78, 5) is 36.4. The van der Waals surface area contributed by atoms with E-state index in [-0.39, 0.29) is 32.3 Å². The van der Waals surface area contributed by atoms with Crippen molar-refractivity contribution in [3.63, 3.8) is 0 Å². The van der Waals surface area contributed by atoms with E-state index in [1.54, 1.807) is 24.3 Å². The molecule has 0 spiro atoms. The Morgan fingerprint density at radius 3 is 2.42 bits per heavy atom. The number of hydrogen-bond acceptors (Lipinski definition) is 8. The minimum Gasteiger partial charge on any atom is -0.378 e. The van der Waals surface area contributed by atoms with Crippen LogP contribution in [0.15, 0.2) is 81.0 Å². The van der Waals surface area contributed by atoms with Gasteiger partial charge in [-0.05, 0) is 75.2 Å². The summed E-state index contributed by atoms with van der Waals surface area (Å²) >= 11 is 10.2. The van der Waals surface area contributed by atoms with Gasteiger partial charge in [-0.2, -0.15) is 8.42 Å². The average molecular weight is 610 g/mol. The van der Waals surface area contributed by atoms with Crippen LogP contribution in [-0.2, 0) is 21.5 Å². The third-order valence-electron chi connectivity index (χ3n) is 4.95. The van der Waals surface area contributed by atoms with E-state index >= 15 is 0 Å². The lowest BCUT2D eigenvalue weighted by Crippen LogP contribution is -2.27. The molecular weight excluding hydrogens is 596 g/mol. The van der Waals surface area contributed by atoms with Gasteiger partial charge in [-0.1, -0.05) is 35.9 Å². The van der Waals surface area contributed by atoms with E-state index in [1.165, 1.54) is 24.3 Å². The Balaban J connectivity index is 1.51. The first-order chi connectivity index (χ1) is 17.0. The first-order valence-corrected chi connectivity index (χ1v) is 13.4. The molecule has 0 N–H and O–H groups in total. The summed E-state index contributed by atoms with van der Waals surface area (Å²) in [5.41, 5.74) is 0.905. The van der Waals surface area contributed by atoms with E-state index in [4.69, 9.17) is 15.8 Å². The minimum atomic E-state index is -4.26. The number of imide groups is 1. The average Bonchev–Trinajstić information content (AvgIpc) is 3.09. The summed E-state index contributed by atoms with van der Waals surface area (Å²) in [6.45, 7) is 0.0403. The zero-order valence-corrected chi connectivity index (χ0v) is 21.9. The number of non-ortho nitro benzene ring substituents is 1. The molecule has 1 aliphatic heterocycles. The van der Waals surface area contributed by atoms with Crippen molar-refractivity contribution in [2.75, 3.05) is 0 Å². The number of nitro groups is 1. The van der Waals surface area contributed by atoms with Crippen molar-refractivity contribution < 1.29 is 27.1 Å². The third-order valence-corrected chi connectivity index (χ3v) is 8.09. The molecule has 0 saturated carbocycles. The highest BCUT2D eigenvalue weighted by Crippen LogP contribution is 2.36. The summed E-state index contributed by atoms with van der Waals surface area (Å²) < 4.78 is 30.6. The molecule has 3 aromatic rings. The van der Waals surface area contributed by atoms with E-state index in [1.807, 2.05) is 0 Å². The van der Waals surface area contributed by atoms with Crippen LogP contribution in [0.1, 0.15) is 11.1 Å². The number of halogens is 2. The largest absolute Gasteiger partial charge is 0.378 e. The van der Waals surface area contributed by atoms with Crippen molar-refractivity contribution in [3.05, 3.63) is 102 Å². The van der Waals surface area contributed by atoms with Crippen molar-refractivity contribution in [2.24, 2.45) is 0 Å². The molecule has 2 amide bonds. The number of thioether (sulfide) groups is 1. The Bertz CT molecular complexity index is 1530. The molecule has 13 heteroatoms. The fourth-order valence-electron chi connectivity index (χ4n) is 3.16. The van der Waals surface area contributed by atoms with Crippen molar-refractivity contribution in [1.29, 1.82) is 0 Å². The number of amides is 2. The van der Waals surface area contributed by atoms with Gasteiger partial charge in [-0.15, -0.1) is 0 Å². The number of hydrogen-bond donors (Lipinski definition) is 0. The Hall–Kier alpha value is -3.19. The second kappa shape index (κ2) is 10.4. The molecule has 0 aliphatic carbocycles. The molecule has 0 aromatic heterocycles. The molecule has 184 valence electrons. The van der Waals surface area contributed by atoms with Gasteiger partial charge in [0.05, 0.1) is 20.8 Å². The second-order valence-corrected chi connectivity index (χ2v) is 11.1. The maximum Gasteiger partial charge on any atom is 0.339 e. The number of carbonyl (C=O) groups excluding carboxylic acids is 2. The van der Waals surface area contributed by atoms with E-state index in [2.05, 4.69) is 15.9 Å². The maximum atomic E-state index is 12.8. The first-order valence-electron chi connectivity index (χ1n) is 10.0. The fourth-order valence-corrected chi connectivity index (χ4v) is 5.73. The number of rotatable bonds is 7. The Morgan fingerprint density at radius 1 is 1.08 bits per heavy atom. The highest BCUT2D eigenvalue weighted by molar-refractivity contribution is 9.10. The predicted molar refractivity (Wildman–Crippen MR) is 138 cm³/mol. The van der Waals surface area contributed by atoms with Crippen LogP contribution in [0.5, 0.6) is 5.75 Å². The molecule has 1 saturated heterocycles. The van der Waals surface area contributed by atoms with Crippen LogP contribution in [-0.4, -0.2) is 29.4 Å². The van der Waals surface area contributed by atoms with Gasteiger partial charge in [0, 0.05) is 17.2 Å². The standard InChI is InChI=1S/C23H14BrClN2O7S2/c24-18-11-14(5-10-20(18)34-36(32,33)17-8-6-16(7-9-17)27(30)31)12-21-22(28)26(23(29)35-21)13-15-3-1-2-4-19(15)25/h1-12H,13H2/b21-12-. The smallest absolute Gasteiger partial charge is 0.339 e. The van der Waals surface area contributed by atoms with Crippen molar-refractivity contribution >= 4 is 72.3 Å². The Morgan fingerprint density at radius 2 is 1.78 bits per heavy atom. The highest BCUT2D eigenvalue weighted by Gasteiger charge is 2.35. The van der Waals surface area contributed by atoms with Gasteiger partial charge >= 0.3 is 10.1 Å². The van der Waals surface area contributed by atoms with Gasteiger partial charge in [0.25, 0.3) is 16.8 Å². The van der Waals surface area contributed by atoms with E-state index in [0.717, 1.165) is 40.9 Å². The third kappa shape index (κ3) is 5.62. The molecule has 0 radical (unpaired) electrons. The quantitative estimate of drug-likeness (QED) is 0.138. The number of carbonyl (C=O) groups is 2. The lowest BCUT2D eigenvalue weighted by atomic mass is 10.2. The zero-order chi connectivity index (χ0) is 26.0. The van der Waals surface area contributed by atoms with Crippen LogP contribution in [0.2, 0.25) is 5.02 Å². The summed E-state index contributed by atoms with van der Waals surface area (Å²) in [6, 6.07) is 15.6. The van der Waals surface area contributed by atoms with Crippen LogP contribution < -0.4 is 4.18 Å². The molecule has 1 fully saturated rings. The fraction of sp³-hybridized carbons (Fsp3) is 0.0435. The molecule has 9 nitrogen and oxygen atoms in total. The summed E-state index contributed by atoms with van der Waals surface area (Å²) in [6.07, 6.45) is 1.51. The van der Waals surface area contributed by atoms with Gasteiger partial charge in [0.15, 0.2) is 5.75 Å². The highest BCUT2D eigenvalue weighted by atomic mass is 79.9. The van der Waals surface area contributed by atoms with E-state index in [9.17, 15) is 28.1 Å². The molecule has 4 rings (SSSR count). The van der Waals surface area contributed by atoms with E-state index in [0.29, 0.717) is 16.1 Å². The van der Waals surface area contributed by atoms with Gasteiger partial charge < -0.3 is 4.18 Å². The Kier molecular flexibility index (Phi) is 7.50. The van der Waals surface area contributed by atoms with Crippen LogP contribution in [0.3, 0.4) is 0 Å². The number of nitro benzene ring substituents is 1. The molecule has 0 bridgehead atoms. The summed E-state index contributed by atoms with van der Waals surface area (Å²) in [5, 5.41) is 10.8. The molecular formula is C23H14BrClN2O7S2. The molecule has 1 aliphatic rings. The molecule has 3 aromatic carbocycles. The predicted octanol–water partition coefficient (Wildman–Crippen LogP) is 6.01. The lowest BCUT2D eigenvalue weighted by Gasteiger charge is -2.13. The van der Waals surface area contributed by atoms with Crippen LogP contribution in [0.4, 0.5) is 10.5 Å². The van der Waals surface area contributed by atoms with Gasteiger partial charge in [0.2, 0.25) is 0 Å². The van der Waals surface area contributed by atoms with Crippen LogP contribution in [0.25, 0.3) is 6.08 Å². The minimum absolute atomic E-state index is 0.0303. The number of nitrogens with zero attached hydrogens (tertiary/aromatic N) is 2. The molecule has 0 unspecified atom stereocenters. The lowest BCUT2D eigenvalue weighted by molar-refractivity contribution is -0.384. The van der Waals surface area contributed by atoms with Crippen molar-refractivity contribution in [1.82, 2.24) is 4.90 Å². The second-order valence-electron chi connectivity index (χ2n) is 7.34.